The predicted octanol–water partition coefficient (Wildman–Crippen LogP) is 3.71. The summed E-state index contributed by atoms with van der Waals surface area (Å²) in [6, 6.07) is 7.40. The van der Waals surface area contributed by atoms with Crippen LogP contribution in [0.3, 0.4) is 0 Å². The standard InChI is InChI=1S/C18H18F4N2O4S/c1-11(2)24-29(26,27)14-6-7-16(19)15(9-14)17(25)23-12-4-3-5-13(8-12)28-10-18(20,21)22/h3-9,11,24H,10H2,1-2H3,(H,23,25). The Morgan fingerprint density at radius 1 is 1.14 bits per heavy atom. The Labute approximate surface area is 164 Å². The molecule has 2 aromatic rings. The molecule has 2 aromatic carbocycles. The Morgan fingerprint density at radius 2 is 1.83 bits per heavy atom. The average molecular weight is 434 g/mol. The van der Waals surface area contributed by atoms with E-state index in [1.165, 1.54) is 18.2 Å². The second-order valence-electron chi connectivity index (χ2n) is 6.30. The lowest BCUT2D eigenvalue weighted by Gasteiger charge is -2.12. The summed E-state index contributed by atoms with van der Waals surface area (Å²) in [7, 11) is -3.96. The molecule has 2 N–H and O–H groups in total. The number of ether oxygens (including phenoxy) is 1. The van der Waals surface area contributed by atoms with Gasteiger partial charge in [-0.2, -0.15) is 13.2 Å². The zero-order valence-electron chi connectivity index (χ0n) is 15.4. The van der Waals surface area contributed by atoms with Gasteiger partial charge in [0.05, 0.1) is 10.5 Å². The van der Waals surface area contributed by atoms with Crippen molar-refractivity contribution in [1.29, 1.82) is 0 Å². The monoisotopic (exact) mass is 434 g/mol. The fourth-order valence-corrected chi connectivity index (χ4v) is 3.53. The summed E-state index contributed by atoms with van der Waals surface area (Å²) in [5.41, 5.74) is -0.499. The highest BCUT2D eigenvalue weighted by molar-refractivity contribution is 7.89. The second-order valence-corrected chi connectivity index (χ2v) is 8.02. The van der Waals surface area contributed by atoms with Gasteiger partial charge in [0.25, 0.3) is 5.91 Å². The van der Waals surface area contributed by atoms with Crippen molar-refractivity contribution in [3.8, 4) is 5.75 Å². The maximum Gasteiger partial charge on any atom is 0.422 e. The van der Waals surface area contributed by atoms with E-state index in [2.05, 4.69) is 14.8 Å². The van der Waals surface area contributed by atoms with Gasteiger partial charge in [0, 0.05) is 17.8 Å². The van der Waals surface area contributed by atoms with E-state index in [9.17, 15) is 30.8 Å². The Kier molecular flexibility index (Phi) is 6.85. The van der Waals surface area contributed by atoms with Crippen molar-refractivity contribution in [3.63, 3.8) is 0 Å². The van der Waals surface area contributed by atoms with Crippen molar-refractivity contribution >= 4 is 21.6 Å². The van der Waals surface area contributed by atoms with E-state index in [-0.39, 0.29) is 16.3 Å². The molecule has 158 valence electrons. The van der Waals surface area contributed by atoms with Gasteiger partial charge in [0.15, 0.2) is 6.61 Å². The molecular weight excluding hydrogens is 416 g/mol. The molecule has 6 nitrogen and oxygen atoms in total. The Balaban J connectivity index is 2.22. The third kappa shape index (κ3) is 6.71. The van der Waals surface area contributed by atoms with Crippen LogP contribution in [-0.4, -0.2) is 33.1 Å². The summed E-state index contributed by atoms with van der Waals surface area (Å²) in [5.74, 6) is -2.09. The minimum Gasteiger partial charge on any atom is -0.484 e. The molecule has 0 unspecified atom stereocenters. The van der Waals surface area contributed by atoms with E-state index in [4.69, 9.17) is 0 Å². The van der Waals surface area contributed by atoms with Gasteiger partial charge in [0.2, 0.25) is 10.0 Å². The summed E-state index contributed by atoms with van der Waals surface area (Å²) in [4.78, 5) is 12.1. The van der Waals surface area contributed by atoms with Gasteiger partial charge in [-0.1, -0.05) is 6.07 Å². The number of carbonyl (C=O) groups excluding carboxylic acids is 1. The van der Waals surface area contributed by atoms with Crippen LogP contribution in [0.15, 0.2) is 47.4 Å². The molecule has 0 fully saturated rings. The molecule has 0 aromatic heterocycles. The number of benzene rings is 2. The zero-order valence-corrected chi connectivity index (χ0v) is 16.2. The summed E-state index contributed by atoms with van der Waals surface area (Å²) < 4.78 is 82.1. The number of hydrogen-bond acceptors (Lipinski definition) is 4. The quantitative estimate of drug-likeness (QED) is 0.651. The largest absolute Gasteiger partial charge is 0.484 e. The maximum atomic E-state index is 14.1. The number of alkyl halides is 3. The lowest BCUT2D eigenvalue weighted by atomic mass is 10.2. The van der Waals surface area contributed by atoms with Gasteiger partial charge in [-0.3, -0.25) is 4.79 Å². The van der Waals surface area contributed by atoms with Crippen LogP contribution in [0, 0.1) is 5.82 Å². The Morgan fingerprint density at radius 3 is 2.45 bits per heavy atom. The van der Waals surface area contributed by atoms with Crippen LogP contribution in [0.25, 0.3) is 0 Å². The van der Waals surface area contributed by atoms with Crippen molar-refractivity contribution in [2.75, 3.05) is 11.9 Å². The minimum absolute atomic E-state index is 0.0441. The smallest absolute Gasteiger partial charge is 0.422 e. The predicted molar refractivity (Wildman–Crippen MR) is 97.8 cm³/mol. The van der Waals surface area contributed by atoms with Gasteiger partial charge < -0.3 is 10.1 Å². The van der Waals surface area contributed by atoms with E-state index >= 15 is 0 Å². The molecule has 0 atom stereocenters. The summed E-state index contributed by atoms with van der Waals surface area (Å²) in [5, 5.41) is 2.30. The fraction of sp³-hybridized carbons (Fsp3) is 0.278. The first-order valence-corrected chi connectivity index (χ1v) is 9.78. The summed E-state index contributed by atoms with van der Waals surface area (Å²) >= 11 is 0. The lowest BCUT2D eigenvalue weighted by molar-refractivity contribution is -0.153. The van der Waals surface area contributed by atoms with Crippen molar-refractivity contribution in [3.05, 3.63) is 53.8 Å². The molecule has 0 radical (unpaired) electrons. The van der Waals surface area contributed by atoms with Gasteiger partial charge in [-0.25, -0.2) is 17.5 Å². The first kappa shape index (κ1) is 22.6. The van der Waals surface area contributed by atoms with Crippen LogP contribution >= 0.6 is 0 Å². The molecule has 0 aliphatic carbocycles. The van der Waals surface area contributed by atoms with Crippen LogP contribution in [0.5, 0.6) is 5.75 Å². The van der Waals surface area contributed by atoms with Gasteiger partial charge >= 0.3 is 6.18 Å². The third-order valence-electron chi connectivity index (χ3n) is 3.38. The van der Waals surface area contributed by atoms with Gasteiger partial charge in [-0.15, -0.1) is 0 Å². The van der Waals surface area contributed by atoms with Crippen molar-refractivity contribution in [2.24, 2.45) is 0 Å². The SMILES string of the molecule is CC(C)NS(=O)(=O)c1ccc(F)c(C(=O)Nc2cccc(OCC(F)(F)F)c2)c1. The molecule has 11 heteroatoms. The number of amides is 1. The van der Waals surface area contributed by atoms with Gasteiger partial charge in [-0.05, 0) is 44.2 Å². The van der Waals surface area contributed by atoms with Crippen molar-refractivity contribution < 1.29 is 35.5 Å². The normalized spacial score (nSPS) is 12.1. The molecule has 1 amide bonds. The van der Waals surface area contributed by atoms with E-state index in [0.717, 1.165) is 24.3 Å². The molecular formula is C18H18F4N2O4S. The molecule has 0 bridgehead atoms. The number of sulfonamides is 1. The first-order valence-electron chi connectivity index (χ1n) is 8.30. The molecule has 0 aliphatic rings. The van der Waals surface area contributed by atoms with Crippen LogP contribution < -0.4 is 14.8 Å². The highest BCUT2D eigenvalue weighted by Gasteiger charge is 2.28. The number of rotatable bonds is 7. The van der Waals surface area contributed by atoms with E-state index in [0.29, 0.717) is 0 Å². The number of hydrogen-bond donors (Lipinski definition) is 2. The van der Waals surface area contributed by atoms with Crippen molar-refractivity contribution in [1.82, 2.24) is 4.72 Å². The first-order chi connectivity index (χ1) is 13.4. The molecule has 0 saturated carbocycles. The minimum atomic E-state index is -4.53. The van der Waals surface area contributed by atoms with E-state index < -0.39 is 46.1 Å². The van der Waals surface area contributed by atoms with Crippen LogP contribution in [0.1, 0.15) is 24.2 Å². The van der Waals surface area contributed by atoms with Gasteiger partial charge in [0.1, 0.15) is 11.6 Å². The van der Waals surface area contributed by atoms with Crippen LogP contribution in [-0.2, 0) is 10.0 Å². The number of halogens is 4. The Hall–Kier alpha value is -2.66. The number of carbonyl (C=O) groups is 1. The highest BCUT2D eigenvalue weighted by Crippen LogP contribution is 2.23. The second kappa shape index (κ2) is 8.78. The molecule has 0 heterocycles. The average Bonchev–Trinajstić information content (AvgIpc) is 2.58. The van der Waals surface area contributed by atoms with Crippen LogP contribution in [0.2, 0.25) is 0 Å². The summed E-state index contributed by atoms with van der Waals surface area (Å²) in [6.45, 7) is 1.69. The maximum absolute atomic E-state index is 14.1. The Bertz CT molecular complexity index is 992. The number of nitrogens with one attached hydrogen (secondary N) is 2. The van der Waals surface area contributed by atoms with E-state index in [1.807, 2.05) is 0 Å². The molecule has 29 heavy (non-hydrogen) atoms. The van der Waals surface area contributed by atoms with Crippen LogP contribution in [0.4, 0.5) is 23.2 Å². The molecule has 0 aliphatic heterocycles. The fourth-order valence-electron chi connectivity index (χ4n) is 2.25. The molecule has 0 saturated heterocycles. The molecule has 2 rings (SSSR count). The van der Waals surface area contributed by atoms with Crippen molar-refractivity contribution in [2.45, 2.75) is 31.0 Å². The topological polar surface area (TPSA) is 84.5 Å². The lowest BCUT2D eigenvalue weighted by Crippen LogP contribution is -2.30. The summed E-state index contributed by atoms with van der Waals surface area (Å²) in [6.07, 6.45) is -4.53. The van der Waals surface area contributed by atoms with E-state index in [1.54, 1.807) is 13.8 Å². The third-order valence-corrected chi connectivity index (χ3v) is 5.03. The zero-order chi connectivity index (χ0) is 21.8. The number of anilines is 1. The molecule has 0 spiro atoms. The highest BCUT2D eigenvalue weighted by atomic mass is 32.2.